The van der Waals surface area contributed by atoms with Crippen LogP contribution in [-0.2, 0) is 0 Å². The van der Waals surface area contributed by atoms with Crippen molar-refractivity contribution in [3.05, 3.63) is 33.6 Å². The molecule has 7 nitrogen and oxygen atoms in total. The number of hydrogen-bond acceptors (Lipinski definition) is 6. The highest BCUT2D eigenvalue weighted by Gasteiger charge is 2.33. The van der Waals surface area contributed by atoms with E-state index in [0.717, 1.165) is 29.3 Å². The summed E-state index contributed by atoms with van der Waals surface area (Å²) < 4.78 is 19.1. The lowest BCUT2D eigenvalue weighted by molar-refractivity contribution is 0.165. The van der Waals surface area contributed by atoms with Crippen molar-refractivity contribution in [3.8, 4) is 17.2 Å². The number of aromatic nitrogens is 2. The molecule has 1 aliphatic carbocycles. The third-order valence-corrected chi connectivity index (χ3v) is 7.02. The van der Waals surface area contributed by atoms with E-state index in [9.17, 15) is 4.79 Å². The van der Waals surface area contributed by atoms with Crippen LogP contribution in [-0.4, -0.2) is 35.1 Å². The van der Waals surface area contributed by atoms with Crippen LogP contribution >= 0.6 is 11.8 Å². The molecule has 1 saturated carbocycles. The maximum absolute atomic E-state index is 13.0. The van der Waals surface area contributed by atoms with Crippen molar-refractivity contribution in [1.82, 2.24) is 9.78 Å². The summed E-state index contributed by atoms with van der Waals surface area (Å²) >= 11 is 1.59. The van der Waals surface area contributed by atoms with Gasteiger partial charge in [-0.2, -0.15) is 0 Å². The van der Waals surface area contributed by atoms with Crippen molar-refractivity contribution in [3.63, 3.8) is 0 Å². The first-order valence-electron chi connectivity index (χ1n) is 10.2. The molecule has 2 aromatic rings. The van der Waals surface area contributed by atoms with E-state index >= 15 is 0 Å². The minimum Gasteiger partial charge on any atom is -0.493 e. The van der Waals surface area contributed by atoms with Crippen LogP contribution in [0.1, 0.15) is 61.4 Å². The lowest BCUT2D eigenvalue weighted by atomic mass is 9.95. The molecule has 0 saturated heterocycles. The number of rotatable bonds is 3. The first-order valence-corrected chi connectivity index (χ1v) is 11.1. The van der Waals surface area contributed by atoms with Crippen molar-refractivity contribution in [2.45, 2.75) is 50.3 Å². The molecule has 1 N–H and O–H groups in total. The number of thioether (sulfide) groups is 1. The predicted octanol–water partition coefficient (Wildman–Crippen LogP) is 4.35. The van der Waals surface area contributed by atoms with Gasteiger partial charge in [0.1, 0.15) is 13.2 Å². The number of fused-ring (bicyclic) bond motifs is 2. The lowest BCUT2D eigenvalue weighted by Gasteiger charge is -2.27. The summed E-state index contributed by atoms with van der Waals surface area (Å²) in [5.41, 5.74) is 1.61. The molecule has 2 aliphatic heterocycles. The van der Waals surface area contributed by atoms with Crippen molar-refractivity contribution in [1.29, 1.82) is 0 Å². The molecule has 5 rings (SSSR count). The lowest BCUT2D eigenvalue weighted by Crippen LogP contribution is -2.17. The summed E-state index contributed by atoms with van der Waals surface area (Å²) in [6, 6.07) is 4.23. The second-order valence-corrected chi connectivity index (χ2v) is 9.01. The van der Waals surface area contributed by atoms with E-state index < -0.39 is 0 Å². The van der Waals surface area contributed by atoms with Crippen molar-refractivity contribution < 1.29 is 14.2 Å². The number of H-pyrrole nitrogens is 1. The van der Waals surface area contributed by atoms with Crippen LogP contribution < -0.4 is 19.8 Å². The first kappa shape index (κ1) is 18.7. The molecular formula is C21H25N3O4S. The number of nitrogens with zero attached hydrogens (tertiary/aromatic N) is 2. The zero-order valence-electron chi connectivity index (χ0n) is 16.7. The number of methoxy groups -OCH3 is 1. The second-order valence-electron chi connectivity index (χ2n) is 7.72. The van der Waals surface area contributed by atoms with Gasteiger partial charge in [0, 0.05) is 0 Å². The number of ether oxygens (including phenoxy) is 3. The minimum absolute atomic E-state index is 0.0619. The van der Waals surface area contributed by atoms with Gasteiger partial charge in [-0.15, -0.1) is 0 Å². The fourth-order valence-electron chi connectivity index (χ4n) is 4.49. The molecule has 1 aromatic carbocycles. The normalized spacial score (nSPS) is 21.4. The molecule has 3 aliphatic rings. The number of aromatic amines is 1. The summed E-state index contributed by atoms with van der Waals surface area (Å²) in [5, 5.41) is 3.87. The van der Waals surface area contributed by atoms with E-state index in [1.54, 1.807) is 18.9 Å². The van der Waals surface area contributed by atoms with Gasteiger partial charge >= 0.3 is 0 Å². The third-order valence-electron chi connectivity index (χ3n) is 5.84. The Bertz CT molecular complexity index is 1000. The SMILES string of the molecule is COc1cc([C@@H]2SC(C)=Nc3c2c(=O)[nH]n3C2CCCCC2)cc2c1OCCO2. The molecule has 3 heterocycles. The van der Waals surface area contributed by atoms with Crippen molar-refractivity contribution in [2.75, 3.05) is 20.3 Å². The summed E-state index contributed by atoms with van der Waals surface area (Å²) in [7, 11) is 1.62. The van der Waals surface area contributed by atoms with Gasteiger partial charge in [-0.1, -0.05) is 31.0 Å². The average Bonchev–Trinajstić information content (AvgIpc) is 3.09. The Balaban J connectivity index is 1.61. The zero-order chi connectivity index (χ0) is 20.0. The Labute approximate surface area is 173 Å². The minimum atomic E-state index is -0.166. The van der Waals surface area contributed by atoms with E-state index in [1.165, 1.54) is 19.3 Å². The second kappa shape index (κ2) is 7.48. The predicted molar refractivity (Wildman–Crippen MR) is 113 cm³/mol. The Hall–Kier alpha value is -2.35. The molecule has 154 valence electrons. The topological polar surface area (TPSA) is 77.8 Å². The quantitative estimate of drug-likeness (QED) is 0.806. The van der Waals surface area contributed by atoms with Crippen LogP contribution in [0.4, 0.5) is 5.82 Å². The van der Waals surface area contributed by atoms with Crippen LogP contribution in [0.25, 0.3) is 0 Å². The van der Waals surface area contributed by atoms with E-state index in [0.29, 0.717) is 42.1 Å². The smallest absolute Gasteiger partial charge is 0.271 e. The molecule has 0 spiro atoms. The van der Waals surface area contributed by atoms with Gasteiger partial charge in [-0.3, -0.25) is 14.6 Å². The van der Waals surface area contributed by atoms with Gasteiger partial charge in [0.15, 0.2) is 17.3 Å². The monoisotopic (exact) mass is 415 g/mol. The molecule has 0 amide bonds. The Morgan fingerprint density at radius 2 is 2.00 bits per heavy atom. The van der Waals surface area contributed by atoms with Gasteiger partial charge in [0.05, 0.1) is 29.0 Å². The summed E-state index contributed by atoms with van der Waals surface area (Å²) in [6.07, 6.45) is 5.82. The van der Waals surface area contributed by atoms with E-state index in [1.807, 2.05) is 23.7 Å². The average molecular weight is 416 g/mol. The standard InChI is InChI=1S/C21H25N3O4S/c1-12-22-20-17(21(25)23-24(20)14-6-4-3-5-7-14)19(29-12)13-10-15(26-2)18-16(11-13)27-8-9-28-18/h10-11,14,19H,3-9H2,1-2H3,(H,23,25)/t19-/m0/s1. The van der Waals surface area contributed by atoms with E-state index in [4.69, 9.17) is 19.2 Å². The number of aliphatic imine (C=N–C) groups is 1. The molecule has 29 heavy (non-hydrogen) atoms. The number of benzene rings is 1. The van der Waals surface area contributed by atoms with Crippen LogP contribution in [0.15, 0.2) is 21.9 Å². The third kappa shape index (κ3) is 3.23. The molecule has 1 fully saturated rings. The summed E-state index contributed by atoms with van der Waals surface area (Å²) in [5.74, 6) is 2.69. The van der Waals surface area contributed by atoms with E-state index in [2.05, 4.69) is 5.10 Å². The van der Waals surface area contributed by atoms with Gasteiger partial charge in [0.2, 0.25) is 5.75 Å². The van der Waals surface area contributed by atoms with Gasteiger partial charge in [-0.25, -0.2) is 4.99 Å². The van der Waals surface area contributed by atoms with Crippen molar-refractivity contribution in [2.24, 2.45) is 4.99 Å². The number of hydrogen-bond donors (Lipinski definition) is 1. The van der Waals surface area contributed by atoms with Crippen LogP contribution in [0, 0.1) is 0 Å². The molecule has 0 unspecified atom stereocenters. The largest absolute Gasteiger partial charge is 0.493 e. The van der Waals surface area contributed by atoms with Gasteiger partial charge in [0.25, 0.3) is 5.56 Å². The van der Waals surface area contributed by atoms with Crippen LogP contribution in [0.5, 0.6) is 17.2 Å². The Morgan fingerprint density at radius 1 is 1.21 bits per heavy atom. The Morgan fingerprint density at radius 3 is 2.79 bits per heavy atom. The molecule has 1 atom stereocenters. The maximum Gasteiger partial charge on any atom is 0.271 e. The molecule has 1 aromatic heterocycles. The number of nitrogens with one attached hydrogen (secondary N) is 1. The highest BCUT2D eigenvalue weighted by Crippen LogP contribution is 2.49. The van der Waals surface area contributed by atoms with Crippen LogP contribution in [0.2, 0.25) is 0 Å². The summed E-state index contributed by atoms with van der Waals surface area (Å²) in [6.45, 7) is 3.00. The zero-order valence-corrected chi connectivity index (χ0v) is 17.5. The Kier molecular flexibility index (Phi) is 4.81. The van der Waals surface area contributed by atoms with Gasteiger partial charge in [-0.05, 0) is 37.5 Å². The molecular weight excluding hydrogens is 390 g/mol. The molecule has 0 radical (unpaired) electrons. The van der Waals surface area contributed by atoms with Crippen LogP contribution in [0.3, 0.4) is 0 Å². The fraction of sp³-hybridized carbons (Fsp3) is 0.524. The first-order chi connectivity index (χ1) is 14.2. The molecule has 8 heteroatoms. The van der Waals surface area contributed by atoms with E-state index in [-0.39, 0.29) is 10.8 Å². The fourth-order valence-corrected chi connectivity index (χ4v) is 5.57. The maximum atomic E-state index is 13.0. The summed E-state index contributed by atoms with van der Waals surface area (Å²) in [4.78, 5) is 17.8. The van der Waals surface area contributed by atoms with Crippen molar-refractivity contribution >= 4 is 22.6 Å². The molecule has 0 bridgehead atoms. The van der Waals surface area contributed by atoms with Gasteiger partial charge < -0.3 is 14.2 Å². The highest BCUT2D eigenvalue weighted by molar-refractivity contribution is 8.14. The highest BCUT2D eigenvalue weighted by atomic mass is 32.2.